The topological polar surface area (TPSA) is 55.6 Å². The van der Waals surface area contributed by atoms with Crippen molar-refractivity contribution in [1.82, 2.24) is 0 Å². The maximum Gasteiger partial charge on any atom is 0.328 e. The van der Waals surface area contributed by atoms with Crippen LogP contribution in [0.2, 0.25) is 0 Å². The van der Waals surface area contributed by atoms with Gasteiger partial charge in [0.2, 0.25) is 0 Å². The van der Waals surface area contributed by atoms with Crippen molar-refractivity contribution in [2.75, 3.05) is 24.3 Å². The van der Waals surface area contributed by atoms with Gasteiger partial charge in [0, 0.05) is 17.9 Å². The number of esters is 1. The summed E-state index contributed by atoms with van der Waals surface area (Å²) in [6.45, 7) is 2.73. The zero-order valence-corrected chi connectivity index (χ0v) is 10.3. The van der Waals surface area contributed by atoms with Crippen LogP contribution in [0, 0.1) is 0 Å². The number of methoxy groups -OCH3 is 1. The Balaban J connectivity index is 2.33. The number of rotatable bonds is 2. The van der Waals surface area contributed by atoms with Gasteiger partial charge in [0.15, 0.2) is 0 Å². The fourth-order valence-corrected chi connectivity index (χ4v) is 2.32. The maximum absolute atomic E-state index is 11.6. The predicted molar refractivity (Wildman–Crippen MR) is 68.0 cm³/mol. The highest BCUT2D eigenvalue weighted by Crippen LogP contribution is 2.30. The highest BCUT2D eigenvalue weighted by Gasteiger charge is 2.26. The Bertz CT molecular complexity index is 431. The third kappa shape index (κ3) is 2.20. The van der Waals surface area contributed by atoms with E-state index in [1.54, 1.807) is 0 Å². The number of benzene rings is 1. The molecule has 2 rings (SSSR count). The molecule has 1 aliphatic rings. The van der Waals surface area contributed by atoms with Gasteiger partial charge in [0.25, 0.3) is 0 Å². The molecule has 1 heterocycles. The normalized spacial score (nSPS) is 16.2. The molecule has 4 nitrogen and oxygen atoms in total. The summed E-state index contributed by atoms with van der Waals surface area (Å²) in [6.07, 6.45) is 2.10. The van der Waals surface area contributed by atoms with Crippen molar-refractivity contribution in [3.8, 4) is 0 Å². The number of ether oxygens (including phenoxy) is 1. The Morgan fingerprint density at radius 1 is 1.53 bits per heavy atom. The SMILES string of the molecule is COC(=O)C(C)N1CCCc2ccc(N)cc21. The van der Waals surface area contributed by atoms with E-state index >= 15 is 0 Å². The maximum atomic E-state index is 11.6. The average molecular weight is 234 g/mol. The first-order chi connectivity index (χ1) is 8.13. The number of hydrogen-bond acceptors (Lipinski definition) is 4. The molecule has 0 amide bonds. The van der Waals surface area contributed by atoms with Crippen molar-refractivity contribution in [3.05, 3.63) is 23.8 Å². The standard InChI is InChI=1S/C13H18N2O2/c1-9(13(16)17-2)15-7-3-4-10-5-6-11(14)8-12(10)15/h5-6,8-9H,3-4,7,14H2,1-2H3. The smallest absolute Gasteiger partial charge is 0.328 e. The summed E-state index contributed by atoms with van der Waals surface area (Å²) in [6, 6.07) is 5.63. The molecule has 92 valence electrons. The van der Waals surface area contributed by atoms with Crippen molar-refractivity contribution in [2.24, 2.45) is 0 Å². The van der Waals surface area contributed by atoms with Crippen LogP contribution >= 0.6 is 0 Å². The summed E-state index contributed by atoms with van der Waals surface area (Å²) >= 11 is 0. The molecular weight excluding hydrogens is 216 g/mol. The van der Waals surface area contributed by atoms with E-state index in [2.05, 4.69) is 4.90 Å². The second-order valence-electron chi connectivity index (χ2n) is 4.38. The lowest BCUT2D eigenvalue weighted by molar-refractivity contribution is -0.141. The Hall–Kier alpha value is -1.71. The van der Waals surface area contributed by atoms with Crippen LogP contribution in [0.25, 0.3) is 0 Å². The number of fused-ring (bicyclic) bond motifs is 1. The van der Waals surface area contributed by atoms with Crippen molar-refractivity contribution < 1.29 is 9.53 Å². The van der Waals surface area contributed by atoms with Gasteiger partial charge in [-0.1, -0.05) is 6.07 Å². The number of hydrogen-bond donors (Lipinski definition) is 1. The van der Waals surface area contributed by atoms with Crippen LogP contribution in [0.1, 0.15) is 18.9 Å². The van der Waals surface area contributed by atoms with E-state index in [0.29, 0.717) is 0 Å². The van der Waals surface area contributed by atoms with Crippen LogP contribution in [-0.4, -0.2) is 25.7 Å². The first-order valence-corrected chi connectivity index (χ1v) is 5.86. The van der Waals surface area contributed by atoms with Gasteiger partial charge < -0.3 is 15.4 Å². The lowest BCUT2D eigenvalue weighted by Crippen LogP contribution is -2.42. The third-order valence-corrected chi connectivity index (χ3v) is 3.27. The number of carbonyl (C=O) groups excluding carboxylic acids is 1. The number of aryl methyl sites for hydroxylation is 1. The molecule has 2 N–H and O–H groups in total. The predicted octanol–water partition coefficient (Wildman–Crippen LogP) is 1.58. The van der Waals surface area contributed by atoms with Crippen molar-refractivity contribution in [1.29, 1.82) is 0 Å². The second-order valence-corrected chi connectivity index (χ2v) is 4.38. The molecule has 1 aliphatic heterocycles. The molecule has 0 bridgehead atoms. The molecule has 0 saturated heterocycles. The monoisotopic (exact) mass is 234 g/mol. The van der Waals surface area contributed by atoms with E-state index in [0.717, 1.165) is 30.8 Å². The van der Waals surface area contributed by atoms with Gasteiger partial charge in [-0.15, -0.1) is 0 Å². The minimum Gasteiger partial charge on any atom is -0.467 e. The van der Waals surface area contributed by atoms with Gasteiger partial charge >= 0.3 is 5.97 Å². The molecule has 1 aromatic rings. The highest BCUT2D eigenvalue weighted by molar-refractivity contribution is 5.80. The Morgan fingerprint density at radius 3 is 3.00 bits per heavy atom. The quantitative estimate of drug-likeness (QED) is 0.623. The summed E-state index contributed by atoms with van der Waals surface area (Å²) < 4.78 is 4.80. The van der Waals surface area contributed by atoms with Gasteiger partial charge in [-0.25, -0.2) is 4.79 Å². The number of nitrogens with two attached hydrogens (primary N) is 1. The number of anilines is 2. The number of nitrogens with zero attached hydrogens (tertiary/aromatic N) is 1. The van der Waals surface area contributed by atoms with Crippen molar-refractivity contribution >= 4 is 17.3 Å². The minimum absolute atomic E-state index is 0.208. The molecule has 0 spiro atoms. The van der Waals surface area contributed by atoms with Crippen LogP contribution < -0.4 is 10.6 Å². The zero-order valence-electron chi connectivity index (χ0n) is 10.3. The highest BCUT2D eigenvalue weighted by atomic mass is 16.5. The average Bonchev–Trinajstić information content (AvgIpc) is 2.36. The van der Waals surface area contributed by atoms with Crippen molar-refractivity contribution in [3.63, 3.8) is 0 Å². The molecule has 0 fully saturated rings. The van der Waals surface area contributed by atoms with Crippen LogP contribution in [0.5, 0.6) is 0 Å². The summed E-state index contributed by atoms with van der Waals surface area (Å²) in [5.41, 5.74) is 8.85. The number of carbonyl (C=O) groups is 1. The lowest BCUT2D eigenvalue weighted by atomic mass is 9.99. The molecule has 1 atom stereocenters. The van der Waals surface area contributed by atoms with Crippen LogP contribution in [-0.2, 0) is 16.0 Å². The summed E-state index contributed by atoms with van der Waals surface area (Å²) in [5, 5.41) is 0. The van der Waals surface area contributed by atoms with E-state index in [4.69, 9.17) is 10.5 Å². The molecule has 0 aromatic heterocycles. The fourth-order valence-electron chi connectivity index (χ4n) is 2.32. The van der Waals surface area contributed by atoms with Crippen LogP contribution in [0.15, 0.2) is 18.2 Å². The van der Waals surface area contributed by atoms with Gasteiger partial charge in [0.05, 0.1) is 7.11 Å². The molecule has 0 saturated carbocycles. The second kappa shape index (κ2) is 4.65. The van der Waals surface area contributed by atoms with Crippen molar-refractivity contribution in [2.45, 2.75) is 25.8 Å². The van der Waals surface area contributed by atoms with E-state index in [9.17, 15) is 4.79 Å². The van der Waals surface area contributed by atoms with E-state index in [1.807, 2.05) is 25.1 Å². The first-order valence-electron chi connectivity index (χ1n) is 5.86. The number of nitrogen functional groups attached to an aromatic ring is 1. The van der Waals surface area contributed by atoms with Crippen LogP contribution in [0.4, 0.5) is 11.4 Å². The van der Waals surface area contributed by atoms with Crippen LogP contribution in [0.3, 0.4) is 0 Å². The summed E-state index contributed by atoms with van der Waals surface area (Å²) in [7, 11) is 1.42. The Morgan fingerprint density at radius 2 is 2.29 bits per heavy atom. The van der Waals surface area contributed by atoms with Gasteiger partial charge in [-0.2, -0.15) is 0 Å². The van der Waals surface area contributed by atoms with Gasteiger partial charge in [-0.05, 0) is 37.5 Å². The molecule has 4 heteroatoms. The van der Waals surface area contributed by atoms with E-state index in [1.165, 1.54) is 12.7 Å². The fraction of sp³-hybridized carbons (Fsp3) is 0.462. The molecule has 1 aromatic carbocycles. The molecule has 0 radical (unpaired) electrons. The summed E-state index contributed by atoms with van der Waals surface area (Å²) in [5.74, 6) is -0.208. The largest absolute Gasteiger partial charge is 0.467 e. The molecule has 1 unspecified atom stereocenters. The van der Waals surface area contributed by atoms with Gasteiger partial charge in [-0.3, -0.25) is 0 Å². The molecule has 17 heavy (non-hydrogen) atoms. The van der Waals surface area contributed by atoms with E-state index < -0.39 is 0 Å². The molecule has 0 aliphatic carbocycles. The first kappa shape index (κ1) is 11.8. The lowest BCUT2D eigenvalue weighted by Gasteiger charge is -2.34. The minimum atomic E-state index is -0.263. The zero-order chi connectivity index (χ0) is 12.4. The van der Waals surface area contributed by atoms with E-state index in [-0.39, 0.29) is 12.0 Å². The van der Waals surface area contributed by atoms with Gasteiger partial charge in [0.1, 0.15) is 6.04 Å². The Kier molecular flexibility index (Phi) is 3.22. The summed E-state index contributed by atoms with van der Waals surface area (Å²) in [4.78, 5) is 13.7. The Labute approximate surface area is 101 Å². The molecular formula is C13H18N2O2. The third-order valence-electron chi connectivity index (χ3n) is 3.27.